The standard InChI is InChI=1S/C20H27ClN2O3/c1-12-5-4-6-17(13(12)2)23-11-14(9-19(23)24)20(25)22-16-10-15(21)7-8-18(16)26-3/h7-8,10,12-14,17H,4-6,9,11H2,1-3H3,(H,22,25)/t12-,13+,14+,17+/m0/s1. The highest BCUT2D eigenvalue weighted by atomic mass is 35.5. The van der Waals surface area contributed by atoms with Crippen molar-refractivity contribution in [2.24, 2.45) is 17.8 Å². The molecule has 0 radical (unpaired) electrons. The Morgan fingerprint density at radius 2 is 2.08 bits per heavy atom. The summed E-state index contributed by atoms with van der Waals surface area (Å²) >= 11 is 6.03. The number of ether oxygens (including phenoxy) is 1. The van der Waals surface area contributed by atoms with E-state index in [2.05, 4.69) is 19.2 Å². The van der Waals surface area contributed by atoms with Crippen LogP contribution in [0, 0.1) is 17.8 Å². The Bertz CT molecular complexity index is 694. The van der Waals surface area contributed by atoms with E-state index in [1.165, 1.54) is 6.42 Å². The second kappa shape index (κ2) is 7.87. The number of nitrogens with zero attached hydrogens (tertiary/aromatic N) is 1. The van der Waals surface area contributed by atoms with E-state index >= 15 is 0 Å². The summed E-state index contributed by atoms with van der Waals surface area (Å²) in [5.74, 6) is 1.24. The van der Waals surface area contributed by atoms with E-state index in [4.69, 9.17) is 16.3 Å². The summed E-state index contributed by atoms with van der Waals surface area (Å²) in [6.07, 6.45) is 3.68. The van der Waals surface area contributed by atoms with Crippen molar-refractivity contribution >= 4 is 29.1 Å². The molecule has 1 aromatic carbocycles. The predicted molar refractivity (Wildman–Crippen MR) is 102 cm³/mol. The van der Waals surface area contributed by atoms with E-state index in [1.807, 2.05) is 4.90 Å². The largest absolute Gasteiger partial charge is 0.495 e. The molecule has 2 fully saturated rings. The molecule has 26 heavy (non-hydrogen) atoms. The normalized spacial score (nSPS) is 28.9. The van der Waals surface area contributed by atoms with Crippen molar-refractivity contribution in [2.75, 3.05) is 19.0 Å². The van der Waals surface area contributed by atoms with Crippen molar-refractivity contribution in [1.82, 2.24) is 4.90 Å². The molecule has 1 saturated carbocycles. The van der Waals surface area contributed by atoms with Crippen molar-refractivity contribution in [3.8, 4) is 5.75 Å². The molecule has 5 nitrogen and oxygen atoms in total. The Balaban J connectivity index is 1.68. The van der Waals surface area contributed by atoms with Gasteiger partial charge in [-0.3, -0.25) is 9.59 Å². The number of benzene rings is 1. The summed E-state index contributed by atoms with van der Waals surface area (Å²) in [6, 6.07) is 5.35. The molecule has 1 aliphatic heterocycles. The first-order chi connectivity index (χ1) is 12.4. The summed E-state index contributed by atoms with van der Waals surface area (Å²) in [4.78, 5) is 27.2. The van der Waals surface area contributed by atoms with Crippen LogP contribution < -0.4 is 10.1 Å². The third kappa shape index (κ3) is 3.83. The van der Waals surface area contributed by atoms with Gasteiger partial charge in [0.25, 0.3) is 0 Å². The highest BCUT2D eigenvalue weighted by Gasteiger charge is 2.41. The number of hydrogen-bond donors (Lipinski definition) is 1. The molecule has 2 aliphatic rings. The van der Waals surface area contributed by atoms with Gasteiger partial charge >= 0.3 is 0 Å². The maximum atomic E-state index is 12.7. The predicted octanol–water partition coefficient (Wildman–Crippen LogP) is 3.96. The molecular weight excluding hydrogens is 352 g/mol. The zero-order valence-electron chi connectivity index (χ0n) is 15.6. The van der Waals surface area contributed by atoms with Crippen LogP contribution in [-0.2, 0) is 9.59 Å². The lowest BCUT2D eigenvalue weighted by molar-refractivity contribution is -0.131. The fourth-order valence-electron chi connectivity index (χ4n) is 4.23. The molecule has 1 aliphatic carbocycles. The van der Waals surface area contributed by atoms with E-state index in [0.29, 0.717) is 34.8 Å². The van der Waals surface area contributed by atoms with E-state index in [0.717, 1.165) is 12.8 Å². The monoisotopic (exact) mass is 378 g/mol. The van der Waals surface area contributed by atoms with Crippen LogP contribution in [0.5, 0.6) is 5.75 Å². The minimum atomic E-state index is -0.337. The lowest BCUT2D eigenvalue weighted by Crippen LogP contribution is -2.45. The van der Waals surface area contributed by atoms with Crippen LogP contribution in [-0.4, -0.2) is 36.4 Å². The first-order valence-corrected chi connectivity index (χ1v) is 9.72. The zero-order chi connectivity index (χ0) is 18.8. The molecule has 1 heterocycles. The Labute approximate surface area is 160 Å². The molecular formula is C20H27ClN2O3. The van der Waals surface area contributed by atoms with Gasteiger partial charge < -0.3 is 15.0 Å². The van der Waals surface area contributed by atoms with E-state index < -0.39 is 0 Å². The Hall–Kier alpha value is -1.75. The molecule has 1 saturated heterocycles. The average Bonchev–Trinajstić information content (AvgIpc) is 2.99. The van der Waals surface area contributed by atoms with Gasteiger partial charge in [0.1, 0.15) is 5.75 Å². The molecule has 4 atom stereocenters. The first-order valence-electron chi connectivity index (χ1n) is 9.34. The number of likely N-dealkylation sites (tertiary alicyclic amines) is 1. The summed E-state index contributed by atoms with van der Waals surface area (Å²) in [5.41, 5.74) is 0.538. The number of anilines is 1. The fourth-order valence-corrected chi connectivity index (χ4v) is 4.41. The van der Waals surface area contributed by atoms with E-state index in [9.17, 15) is 9.59 Å². The van der Waals surface area contributed by atoms with Gasteiger partial charge in [0, 0.05) is 24.0 Å². The second-order valence-corrected chi connectivity index (χ2v) is 8.05. The first kappa shape index (κ1) is 19.0. The number of carbonyl (C=O) groups is 2. The third-order valence-corrected chi connectivity index (χ3v) is 6.25. The number of amides is 2. The highest BCUT2D eigenvalue weighted by molar-refractivity contribution is 6.31. The molecule has 0 aromatic heterocycles. The highest BCUT2D eigenvalue weighted by Crippen LogP contribution is 2.36. The van der Waals surface area contributed by atoms with Crippen LogP contribution in [0.25, 0.3) is 0 Å². The summed E-state index contributed by atoms with van der Waals surface area (Å²) in [5, 5.41) is 3.40. The maximum Gasteiger partial charge on any atom is 0.229 e. The van der Waals surface area contributed by atoms with Gasteiger partial charge in [-0.15, -0.1) is 0 Å². The number of carbonyl (C=O) groups excluding carboxylic acids is 2. The van der Waals surface area contributed by atoms with Crippen LogP contribution in [0.3, 0.4) is 0 Å². The van der Waals surface area contributed by atoms with Gasteiger partial charge in [0.05, 0.1) is 18.7 Å². The Morgan fingerprint density at radius 3 is 2.81 bits per heavy atom. The molecule has 0 bridgehead atoms. The summed E-state index contributed by atoms with van der Waals surface area (Å²) in [7, 11) is 1.55. The SMILES string of the molecule is COc1ccc(Cl)cc1NC(=O)[C@@H]1CC(=O)N([C@@H]2CCC[C@H](C)[C@H]2C)C1. The average molecular weight is 379 g/mol. The van der Waals surface area contributed by atoms with Gasteiger partial charge in [-0.1, -0.05) is 38.3 Å². The van der Waals surface area contributed by atoms with Crippen molar-refractivity contribution in [1.29, 1.82) is 0 Å². The Morgan fingerprint density at radius 1 is 1.31 bits per heavy atom. The third-order valence-electron chi connectivity index (χ3n) is 6.01. The van der Waals surface area contributed by atoms with Crippen molar-refractivity contribution in [3.63, 3.8) is 0 Å². The van der Waals surface area contributed by atoms with Gasteiger partial charge in [-0.25, -0.2) is 0 Å². The number of hydrogen-bond acceptors (Lipinski definition) is 3. The molecule has 0 spiro atoms. The molecule has 142 valence electrons. The van der Waals surface area contributed by atoms with E-state index in [-0.39, 0.29) is 30.2 Å². The molecule has 6 heteroatoms. The van der Waals surface area contributed by atoms with Crippen LogP contribution in [0.4, 0.5) is 5.69 Å². The van der Waals surface area contributed by atoms with Crippen molar-refractivity contribution in [2.45, 2.75) is 45.6 Å². The van der Waals surface area contributed by atoms with Gasteiger partial charge in [-0.2, -0.15) is 0 Å². The number of halogens is 1. The van der Waals surface area contributed by atoms with Crippen LogP contribution in [0.1, 0.15) is 39.5 Å². The lowest BCUT2D eigenvalue weighted by Gasteiger charge is -2.40. The number of rotatable bonds is 4. The van der Waals surface area contributed by atoms with Gasteiger partial charge in [0.2, 0.25) is 11.8 Å². The Kier molecular flexibility index (Phi) is 5.76. The topological polar surface area (TPSA) is 58.6 Å². The number of nitrogens with one attached hydrogen (secondary N) is 1. The van der Waals surface area contributed by atoms with Crippen molar-refractivity contribution in [3.05, 3.63) is 23.2 Å². The quantitative estimate of drug-likeness (QED) is 0.862. The lowest BCUT2D eigenvalue weighted by atomic mass is 9.77. The minimum absolute atomic E-state index is 0.0918. The van der Waals surface area contributed by atoms with Crippen molar-refractivity contribution < 1.29 is 14.3 Å². The minimum Gasteiger partial charge on any atom is -0.495 e. The molecule has 1 N–H and O–H groups in total. The zero-order valence-corrected chi connectivity index (χ0v) is 16.4. The molecule has 0 unspecified atom stereocenters. The summed E-state index contributed by atoms with van der Waals surface area (Å²) < 4.78 is 5.28. The van der Waals surface area contributed by atoms with Crippen LogP contribution >= 0.6 is 11.6 Å². The smallest absolute Gasteiger partial charge is 0.229 e. The second-order valence-electron chi connectivity index (χ2n) is 7.62. The fraction of sp³-hybridized carbons (Fsp3) is 0.600. The molecule has 2 amide bonds. The molecule has 3 rings (SSSR count). The van der Waals surface area contributed by atoms with Crippen LogP contribution in [0.2, 0.25) is 5.02 Å². The van der Waals surface area contributed by atoms with E-state index in [1.54, 1.807) is 25.3 Å². The molecule has 1 aromatic rings. The van der Waals surface area contributed by atoms with Crippen LogP contribution in [0.15, 0.2) is 18.2 Å². The van der Waals surface area contributed by atoms with Gasteiger partial charge in [-0.05, 0) is 36.5 Å². The van der Waals surface area contributed by atoms with Gasteiger partial charge in [0.15, 0.2) is 0 Å². The number of methoxy groups -OCH3 is 1. The summed E-state index contributed by atoms with van der Waals surface area (Å²) in [6.45, 7) is 4.98. The maximum absolute atomic E-state index is 12.7.